The van der Waals surface area contributed by atoms with Gasteiger partial charge in [-0.1, -0.05) is 30.3 Å². The fraction of sp³-hybridized carbons (Fsp3) is 0.316. The molecule has 7 heteroatoms. The van der Waals surface area contributed by atoms with Gasteiger partial charge < -0.3 is 15.8 Å². The molecule has 3 N–H and O–H groups in total. The highest BCUT2D eigenvalue weighted by Crippen LogP contribution is 2.32. The zero-order valence-corrected chi connectivity index (χ0v) is 14.5. The molecule has 134 valence electrons. The van der Waals surface area contributed by atoms with E-state index in [9.17, 15) is 0 Å². The van der Waals surface area contributed by atoms with E-state index in [-0.39, 0.29) is 0 Å². The molecule has 1 fully saturated rings. The van der Waals surface area contributed by atoms with Gasteiger partial charge in [0.15, 0.2) is 0 Å². The van der Waals surface area contributed by atoms with Crippen molar-refractivity contribution in [1.82, 2.24) is 25.1 Å². The lowest BCUT2D eigenvalue weighted by Crippen LogP contribution is -2.16. The van der Waals surface area contributed by atoms with Crippen molar-refractivity contribution in [3.8, 4) is 17.0 Å². The Morgan fingerprint density at radius 1 is 1.23 bits per heavy atom. The number of nitrogen functional groups attached to an aromatic ring is 1. The number of nitrogens with zero attached hydrogens (tertiary/aromatic N) is 4. The molecule has 1 aliphatic heterocycles. The summed E-state index contributed by atoms with van der Waals surface area (Å²) in [7, 11) is 0. The first kappa shape index (κ1) is 16.5. The molecule has 2 aromatic heterocycles. The Kier molecular flexibility index (Phi) is 4.79. The van der Waals surface area contributed by atoms with Crippen LogP contribution in [-0.2, 0) is 6.54 Å². The summed E-state index contributed by atoms with van der Waals surface area (Å²) in [6.45, 7) is 3.33. The van der Waals surface area contributed by atoms with E-state index in [0.29, 0.717) is 36.3 Å². The lowest BCUT2D eigenvalue weighted by atomic mass is 10.1. The minimum absolute atomic E-state index is 0.402. The first-order chi connectivity index (χ1) is 12.8. The smallest absolute Gasteiger partial charge is 0.226 e. The highest BCUT2D eigenvalue weighted by atomic mass is 16.5. The molecule has 1 aromatic carbocycles. The van der Waals surface area contributed by atoms with Gasteiger partial charge in [0.05, 0.1) is 24.9 Å². The standard InChI is InChI=1S/C19H22N6O/c20-18-17(19(23-13-22-18)26-12-15-6-7-21-8-15)16-9-24-25(11-16)10-14-4-2-1-3-5-14/h1-5,9,11,13,15,21H,6-8,10,12H2,(H2,20,22,23). The summed E-state index contributed by atoms with van der Waals surface area (Å²) in [5, 5.41) is 7.79. The molecule has 0 spiro atoms. The molecule has 3 aromatic rings. The number of hydrogen-bond acceptors (Lipinski definition) is 6. The molecule has 0 bridgehead atoms. The van der Waals surface area contributed by atoms with E-state index in [1.54, 1.807) is 6.20 Å². The fourth-order valence-corrected chi connectivity index (χ4v) is 3.17. The minimum atomic E-state index is 0.402. The number of aromatic nitrogens is 4. The van der Waals surface area contributed by atoms with Gasteiger partial charge in [-0.25, -0.2) is 9.97 Å². The maximum atomic E-state index is 6.12. The van der Waals surface area contributed by atoms with Crippen molar-refractivity contribution in [3.05, 3.63) is 54.6 Å². The maximum absolute atomic E-state index is 6.12. The monoisotopic (exact) mass is 350 g/mol. The lowest BCUT2D eigenvalue weighted by Gasteiger charge is -2.13. The number of nitrogens with one attached hydrogen (secondary N) is 1. The Hall–Kier alpha value is -2.93. The fourth-order valence-electron chi connectivity index (χ4n) is 3.17. The zero-order valence-electron chi connectivity index (χ0n) is 14.5. The highest BCUT2D eigenvalue weighted by Gasteiger charge is 2.19. The number of anilines is 1. The summed E-state index contributed by atoms with van der Waals surface area (Å²) in [4.78, 5) is 8.43. The van der Waals surface area contributed by atoms with Crippen molar-refractivity contribution in [2.24, 2.45) is 5.92 Å². The van der Waals surface area contributed by atoms with Crippen molar-refractivity contribution in [2.75, 3.05) is 25.4 Å². The summed E-state index contributed by atoms with van der Waals surface area (Å²) in [6.07, 6.45) is 6.29. The van der Waals surface area contributed by atoms with Crippen molar-refractivity contribution in [1.29, 1.82) is 0 Å². The van der Waals surface area contributed by atoms with Crippen LogP contribution in [0.25, 0.3) is 11.1 Å². The molecular formula is C19H22N6O. The first-order valence-electron chi connectivity index (χ1n) is 8.80. The van der Waals surface area contributed by atoms with Crippen molar-refractivity contribution in [3.63, 3.8) is 0 Å². The lowest BCUT2D eigenvalue weighted by molar-refractivity contribution is 0.252. The van der Waals surface area contributed by atoms with Gasteiger partial charge >= 0.3 is 0 Å². The van der Waals surface area contributed by atoms with E-state index < -0.39 is 0 Å². The van der Waals surface area contributed by atoms with Crippen LogP contribution in [0.5, 0.6) is 5.88 Å². The molecule has 0 radical (unpaired) electrons. The predicted molar refractivity (Wildman–Crippen MR) is 99.7 cm³/mol. The number of benzene rings is 1. The summed E-state index contributed by atoms with van der Waals surface area (Å²) in [5.74, 6) is 1.42. The summed E-state index contributed by atoms with van der Waals surface area (Å²) in [6, 6.07) is 10.2. The van der Waals surface area contributed by atoms with Crippen LogP contribution in [0.15, 0.2) is 49.1 Å². The third-order valence-corrected chi connectivity index (χ3v) is 4.57. The van der Waals surface area contributed by atoms with Gasteiger partial charge in [0.25, 0.3) is 0 Å². The third kappa shape index (κ3) is 3.67. The second-order valence-electron chi connectivity index (χ2n) is 6.52. The maximum Gasteiger partial charge on any atom is 0.226 e. The molecule has 26 heavy (non-hydrogen) atoms. The van der Waals surface area contributed by atoms with E-state index in [1.807, 2.05) is 29.1 Å². The zero-order chi connectivity index (χ0) is 17.8. The van der Waals surface area contributed by atoms with Crippen molar-refractivity contribution >= 4 is 5.82 Å². The van der Waals surface area contributed by atoms with Gasteiger partial charge in [-0.05, 0) is 18.5 Å². The van der Waals surface area contributed by atoms with Crippen LogP contribution in [0, 0.1) is 5.92 Å². The molecule has 4 rings (SSSR count). The van der Waals surface area contributed by atoms with Crippen LogP contribution >= 0.6 is 0 Å². The number of ether oxygens (including phenoxy) is 1. The summed E-state index contributed by atoms with van der Waals surface area (Å²) >= 11 is 0. The van der Waals surface area contributed by atoms with E-state index in [1.165, 1.54) is 11.9 Å². The Morgan fingerprint density at radius 3 is 2.92 bits per heavy atom. The molecule has 1 atom stereocenters. The van der Waals surface area contributed by atoms with E-state index in [4.69, 9.17) is 10.5 Å². The summed E-state index contributed by atoms with van der Waals surface area (Å²) in [5.41, 5.74) is 8.87. The average molecular weight is 350 g/mol. The largest absolute Gasteiger partial charge is 0.477 e. The van der Waals surface area contributed by atoms with Crippen LogP contribution in [0.1, 0.15) is 12.0 Å². The molecule has 0 saturated carbocycles. The van der Waals surface area contributed by atoms with Gasteiger partial charge in [0.1, 0.15) is 12.1 Å². The molecule has 0 aliphatic carbocycles. The minimum Gasteiger partial charge on any atom is -0.477 e. The Morgan fingerprint density at radius 2 is 2.12 bits per heavy atom. The van der Waals surface area contributed by atoms with Gasteiger partial charge in [-0.15, -0.1) is 0 Å². The van der Waals surface area contributed by atoms with Gasteiger partial charge in [-0.3, -0.25) is 4.68 Å². The molecule has 3 heterocycles. The van der Waals surface area contributed by atoms with Gasteiger partial charge in [-0.2, -0.15) is 5.10 Å². The molecule has 1 unspecified atom stereocenters. The van der Waals surface area contributed by atoms with Crippen LogP contribution in [0.2, 0.25) is 0 Å². The van der Waals surface area contributed by atoms with Crippen molar-refractivity contribution in [2.45, 2.75) is 13.0 Å². The average Bonchev–Trinajstić information content (AvgIpc) is 3.33. The SMILES string of the molecule is Nc1ncnc(OCC2CCNC2)c1-c1cnn(Cc2ccccc2)c1. The van der Waals surface area contributed by atoms with Crippen LogP contribution in [0.3, 0.4) is 0 Å². The Balaban J connectivity index is 1.55. The van der Waals surface area contributed by atoms with Crippen LogP contribution in [-0.4, -0.2) is 39.4 Å². The van der Waals surface area contributed by atoms with E-state index in [0.717, 1.165) is 25.1 Å². The number of rotatable bonds is 6. The quantitative estimate of drug-likeness (QED) is 0.706. The van der Waals surface area contributed by atoms with Crippen LogP contribution < -0.4 is 15.8 Å². The summed E-state index contributed by atoms with van der Waals surface area (Å²) < 4.78 is 7.85. The predicted octanol–water partition coefficient (Wildman–Crippen LogP) is 1.96. The van der Waals surface area contributed by atoms with Crippen LogP contribution in [0.4, 0.5) is 5.82 Å². The van der Waals surface area contributed by atoms with Crippen molar-refractivity contribution < 1.29 is 4.74 Å². The van der Waals surface area contributed by atoms with E-state index in [2.05, 4.69) is 32.5 Å². The van der Waals surface area contributed by atoms with E-state index >= 15 is 0 Å². The Labute approximate surface area is 152 Å². The molecule has 1 saturated heterocycles. The van der Waals surface area contributed by atoms with Gasteiger partial charge in [0.2, 0.25) is 5.88 Å². The molecular weight excluding hydrogens is 328 g/mol. The molecule has 0 amide bonds. The Bertz CT molecular complexity index is 857. The molecule has 7 nitrogen and oxygen atoms in total. The molecule has 1 aliphatic rings. The first-order valence-corrected chi connectivity index (χ1v) is 8.80. The third-order valence-electron chi connectivity index (χ3n) is 4.57. The topological polar surface area (TPSA) is 90.9 Å². The number of nitrogens with two attached hydrogens (primary N) is 1. The second-order valence-corrected chi connectivity index (χ2v) is 6.52. The van der Waals surface area contributed by atoms with Gasteiger partial charge in [0, 0.05) is 24.2 Å². The highest BCUT2D eigenvalue weighted by molar-refractivity contribution is 5.77. The second kappa shape index (κ2) is 7.53. The normalized spacial score (nSPS) is 16.7. The number of hydrogen-bond donors (Lipinski definition) is 2.